The lowest BCUT2D eigenvalue weighted by molar-refractivity contribution is -0.166. The maximum absolute atomic E-state index is 13.5. The summed E-state index contributed by atoms with van der Waals surface area (Å²) in [6.07, 6.45) is 2.79. The highest BCUT2D eigenvalue weighted by atomic mass is 35.5. The number of benzene rings is 3. The molecule has 0 unspecified atom stereocenters. The number of hydrogen-bond acceptors (Lipinski definition) is 7. The van der Waals surface area contributed by atoms with Crippen LogP contribution < -0.4 is 0 Å². The van der Waals surface area contributed by atoms with E-state index < -0.39 is 17.7 Å². The molecular weight excluding hydrogens is 604 g/mol. The number of thiazole rings is 1. The summed E-state index contributed by atoms with van der Waals surface area (Å²) in [5.41, 5.74) is 7.63. The van der Waals surface area contributed by atoms with Crippen molar-refractivity contribution in [3.63, 3.8) is 0 Å². The SMILES string of the molecule is CCOC(=O)[C@@H](OC(C)(C)C)c1c(C)cc2nc(-c3ccnc(-c4ccc5c(cnn5CC)c4)c3)sc2c1-c1ccc(Cl)cc1. The second-order valence-corrected chi connectivity index (χ2v) is 13.3. The molecule has 0 fully saturated rings. The molecule has 0 bridgehead atoms. The predicted molar refractivity (Wildman–Crippen MR) is 183 cm³/mol. The second kappa shape index (κ2) is 12.4. The Balaban J connectivity index is 1.52. The molecule has 0 aliphatic heterocycles. The van der Waals surface area contributed by atoms with Crippen LogP contribution in [0.25, 0.3) is 54.1 Å². The summed E-state index contributed by atoms with van der Waals surface area (Å²) in [4.78, 5) is 23.2. The number of hydrogen-bond donors (Lipinski definition) is 0. The molecule has 0 saturated heterocycles. The summed E-state index contributed by atoms with van der Waals surface area (Å²) in [7, 11) is 0. The van der Waals surface area contributed by atoms with Gasteiger partial charge < -0.3 is 9.47 Å². The summed E-state index contributed by atoms with van der Waals surface area (Å²) < 4.78 is 14.9. The molecule has 0 saturated carbocycles. The average molecular weight is 639 g/mol. The van der Waals surface area contributed by atoms with Crippen molar-refractivity contribution in [2.24, 2.45) is 0 Å². The Kier molecular flexibility index (Phi) is 8.48. The number of carbonyl (C=O) groups is 1. The molecule has 3 aromatic heterocycles. The Bertz CT molecular complexity index is 2020. The zero-order valence-corrected chi connectivity index (χ0v) is 27.8. The third-order valence-corrected chi connectivity index (χ3v) is 8.93. The van der Waals surface area contributed by atoms with Gasteiger partial charge in [0.05, 0.1) is 39.8 Å². The molecule has 0 spiro atoms. The lowest BCUT2D eigenvalue weighted by atomic mass is 9.91. The molecule has 1 atom stereocenters. The van der Waals surface area contributed by atoms with Gasteiger partial charge in [0.15, 0.2) is 6.10 Å². The number of pyridine rings is 1. The van der Waals surface area contributed by atoms with Crippen LogP contribution in [-0.2, 0) is 20.8 Å². The van der Waals surface area contributed by atoms with Crippen LogP contribution in [0.3, 0.4) is 0 Å². The van der Waals surface area contributed by atoms with Gasteiger partial charge in [0, 0.05) is 45.4 Å². The minimum absolute atomic E-state index is 0.253. The summed E-state index contributed by atoms with van der Waals surface area (Å²) in [5, 5.41) is 7.04. The topological polar surface area (TPSA) is 79.1 Å². The molecule has 6 rings (SSSR count). The largest absolute Gasteiger partial charge is 0.464 e. The highest BCUT2D eigenvalue weighted by Crippen LogP contribution is 2.45. The fraction of sp³-hybridized carbons (Fsp3) is 0.278. The summed E-state index contributed by atoms with van der Waals surface area (Å²) in [6.45, 7) is 12.8. The normalized spacial score (nSPS) is 12.6. The molecule has 0 N–H and O–H groups in total. The van der Waals surface area contributed by atoms with E-state index in [0.29, 0.717) is 5.02 Å². The van der Waals surface area contributed by atoms with E-state index in [2.05, 4.69) is 41.3 Å². The number of aryl methyl sites for hydroxylation is 2. The van der Waals surface area contributed by atoms with Gasteiger partial charge in [0.1, 0.15) is 5.01 Å². The Morgan fingerprint density at radius 2 is 1.76 bits per heavy atom. The van der Waals surface area contributed by atoms with Crippen molar-refractivity contribution < 1.29 is 14.3 Å². The van der Waals surface area contributed by atoms with Crippen LogP contribution in [0.4, 0.5) is 0 Å². The van der Waals surface area contributed by atoms with Crippen molar-refractivity contribution in [3.8, 4) is 33.0 Å². The fourth-order valence-corrected chi connectivity index (χ4v) is 6.84. The summed E-state index contributed by atoms with van der Waals surface area (Å²) in [5.74, 6) is -0.421. The Labute approximate surface area is 271 Å². The standard InChI is InChI=1S/C36H35ClN4O3S/c1-7-41-29-14-11-23(18-25(29)20-39-41)27-19-24(15-16-38-27)34-40-28-17-21(3)30(32(35(42)43-8-2)44-36(4,5)6)31(33(28)45-34)22-9-12-26(37)13-10-22/h9-20,32H,7-8H2,1-6H3/t32-/m0/s1. The molecule has 0 amide bonds. The Morgan fingerprint density at radius 3 is 2.47 bits per heavy atom. The van der Waals surface area contributed by atoms with Crippen LogP contribution >= 0.6 is 22.9 Å². The maximum atomic E-state index is 13.5. The maximum Gasteiger partial charge on any atom is 0.339 e. The van der Waals surface area contributed by atoms with Crippen LogP contribution in [0.2, 0.25) is 5.02 Å². The predicted octanol–water partition coefficient (Wildman–Crippen LogP) is 9.44. The molecule has 6 aromatic rings. The zero-order valence-electron chi connectivity index (χ0n) is 26.2. The van der Waals surface area contributed by atoms with Gasteiger partial charge in [-0.1, -0.05) is 29.8 Å². The minimum atomic E-state index is -0.926. The van der Waals surface area contributed by atoms with Gasteiger partial charge in [0.25, 0.3) is 0 Å². The van der Waals surface area contributed by atoms with E-state index in [-0.39, 0.29) is 6.61 Å². The van der Waals surface area contributed by atoms with Gasteiger partial charge in [-0.15, -0.1) is 11.3 Å². The molecular formula is C36H35ClN4O3S. The number of halogens is 1. The molecule has 3 heterocycles. The highest BCUT2D eigenvalue weighted by Gasteiger charge is 2.33. The monoisotopic (exact) mass is 638 g/mol. The number of fused-ring (bicyclic) bond motifs is 2. The van der Waals surface area contributed by atoms with E-state index in [4.69, 9.17) is 26.1 Å². The number of rotatable bonds is 8. The van der Waals surface area contributed by atoms with E-state index in [1.165, 1.54) is 0 Å². The first-order valence-electron chi connectivity index (χ1n) is 15.0. The molecule has 0 radical (unpaired) electrons. The number of ether oxygens (including phenoxy) is 2. The van der Waals surface area contributed by atoms with Gasteiger partial charge in [-0.3, -0.25) is 9.67 Å². The molecule has 230 valence electrons. The van der Waals surface area contributed by atoms with Gasteiger partial charge in [-0.05, 0) is 95.1 Å². The lowest BCUT2D eigenvalue weighted by Crippen LogP contribution is -2.29. The Morgan fingerprint density at radius 1 is 1.00 bits per heavy atom. The summed E-state index contributed by atoms with van der Waals surface area (Å²) >= 11 is 7.88. The van der Waals surface area contributed by atoms with E-state index in [0.717, 1.165) is 71.7 Å². The van der Waals surface area contributed by atoms with Crippen molar-refractivity contribution in [2.75, 3.05) is 6.61 Å². The molecule has 0 aliphatic rings. The van der Waals surface area contributed by atoms with Crippen LogP contribution in [0.15, 0.2) is 73.1 Å². The van der Waals surface area contributed by atoms with E-state index in [1.54, 1.807) is 18.3 Å². The first-order chi connectivity index (χ1) is 21.6. The highest BCUT2D eigenvalue weighted by molar-refractivity contribution is 7.22. The van der Waals surface area contributed by atoms with Gasteiger partial charge >= 0.3 is 5.97 Å². The molecule has 45 heavy (non-hydrogen) atoms. The van der Waals surface area contributed by atoms with E-state index >= 15 is 0 Å². The van der Waals surface area contributed by atoms with Crippen LogP contribution in [0, 0.1) is 6.92 Å². The third-order valence-electron chi connectivity index (χ3n) is 7.54. The van der Waals surface area contributed by atoms with Gasteiger partial charge in [0.2, 0.25) is 0 Å². The van der Waals surface area contributed by atoms with Crippen molar-refractivity contribution in [2.45, 2.75) is 59.8 Å². The number of nitrogens with zero attached hydrogens (tertiary/aromatic N) is 4. The lowest BCUT2D eigenvalue weighted by Gasteiger charge is -2.29. The van der Waals surface area contributed by atoms with Crippen molar-refractivity contribution >= 4 is 50.0 Å². The number of aromatic nitrogens is 4. The number of carbonyl (C=O) groups excluding carboxylic acids is 1. The van der Waals surface area contributed by atoms with E-state index in [9.17, 15) is 4.79 Å². The Hall–Kier alpha value is -4.11. The number of esters is 1. The van der Waals surface area contributed by atoms with Crippen LogP contribution in [0.5, 0.6) is 0 Å². The smallest absolute Gasteiger partial charge is 0.339 e. The first-order valence-corrected chi connectivity index (χ1v) is 16.2. The fourth-order valence-electron chi connectivity index (χ4n) is 5.59. The van der Waals surface area contributed by atoms with Crippen LogP contribution in [0.1, 0.15) is 51.8 Å². The average Bonchev–Trinajstić information content (AvgIpc) is 3.63. The molecule has 7 nitrogen and oxygen atoms in total. The third kappa shape index (κ3) is 6.23. The van der Waals surface area contributed by atoms with Gasteiger partial charge in [-0.25, -0.2) is 9.78 Å². The van der Waals surface area contributed by atoms with Crippen molar-refractivity contribution in [3.05, 3.63) is 89.2 Å². The summed E-state index contributed by atoms with van der Waals surface area (Å²) in [6, 6.07) is 20.0. The molecule has 3 aromatic carbocycles. The molecule has 0 aliphatic carbocycles. The minimum Gasteiger partial charge on any atom is -0.464 e. The molecule has 9 heteroatoms. The first kappa shape index (κ1) is 30.9. The van der Waals surface area contributed by atoms with E-state index in [1.807, 2.05) is 81.2 Å². The van der Waals surface area contributed by atoms with Crippen LogP contribution in [-0.4, -0.2) is 37.9 Å². The second-order valence-electron chi connectivity index (χ2n) is 11.9. The quantitative estimate of drug-likeness (QED) is 0.155. The van der Waals surface area contributed by atoms with Crippen molar-refractivity contribution in [1.82, 2.24) is 19.7 Å². The zero-order chi connectivity index (χ0) is 31.9. The van der Waals surface area contributed by atoms with Gasteiger partial charge in [-0.2, -0.15) is 5.10 Å². The van der Waals surface area contributed by atoms with Crippen molar-refractivity contribution in [1.29, 1.82) is 0 Å².